The fourth-order valence-electron chi connectivity index (χ4n) is 3.81. The highest BCUT2D eigenvalue weighted by atomic mass is 32.2. The Morgan fingerprint density at radius 3 is 2.81 bits per heavy atom. The van der Waals surface area contributed by atoms with Gasteiger partial charge in [0.2, 0.25) is 5.91 Å². The summed E-state index contributed by atoms with van der Waals surface area (Å²) in [5.74, 6) is -3.49. The van der Waals surface area contributed by atoms with E-state index in [4.69, 9.17) is 10.0 Å². The van der Waals surface area contributed by atoms with Crippen molar-refractivity contribution in [2.45, 2.75) is 56.0 Å². The fraction of sp³-hybridized carbons (Fsp3) is 0.524. The Morgan fingerprint density at radius 2 is 2.06 bits per heavy atom. The molecule has 174 valence electrons. The first-order chi connectivity index (χ1) is 15.3. The number of carbonyl (C=O) groups excluding carboxylic acids is 1. The van der Waals surface area contributed by atoms with Crippen LogP contribution >= 0.6 is 12.0 Å². The highest BCUT2D eigenvalue weighted by Gasteiger charge is 2.33. The van der Waals surface area contributed by atoms with E-state index in [0.29, 0.717) is 30.8 Å². The second kappa shape index (κ2) is 9.82. The van der Waals surface area contributed by atoms with Gasteiger partial charge in [0.25, 0.3) is 0 Å². The standard InChI is InChI=1S/C21H26F3N5O2S/c1-28-11-26-19-10-29(14(7-20(19)28)9-27-31-32-15-2-3-15)21(30)6-13(25)4-12-5-17(23)18(24)8-16(12)22/h5,8,11,13-15,27H,2-4,6-7,9-10,25H2,1H3. The number of aryl methyl sites for hydroxylation is 1. The molecule has 1 saturated carbocycles. The maximum absolute atomic E-state index is 14.0. The number of carbonyl (C=O) groups is 1. The Bertz CT molecular complexity index is 985. The van der Waals surface area contributed by atoms with E-state index in [1.165, 1.54) is 12.0 Å². The second-order valence-corrected chi connectivity index (χ2v) is 9.41. The number of benzene rings is 1. The number of amides is 1. The average molecular weight is 470 g/mol. The van der Waals surface area contributed by atoms with Gasteiger partial charge in [0.05, 0.1) is 24.6 Å². The highest BCUT2D eigenvalue weighted by molar-refractivity contribution is 7.95. The first-order valence-electron chi connectivity index (χ1n) is 10.5. The Hall–Kier alpha value is -2.08. The number of aromatic nitrogens is 2. The molecule has 1 aliphatic heterocycles. The molecule has 2 aromatic rings. The van der Waals surface area contributed by atoms with Crippen molar-refractivity contribution in [2.75, 3.05) is 6.54 Å². The molecule has 0 bridgehead atoms. The molecule has 11 heteroatoms. The summed E-state index contributed by atoms with van der Waals surface area (Å²) >= 11 is 1.40. The van der Waals surface area contributed by atoms with Gasteiger partial charge in [-0.05, 0) is 30.9 Å². The summed E-state index contributed by atoms with van der Waals surface area (Å²) in [5.41, 5.74) is 10.9. The average Bonchev–Trinajstić information content (AvgIpc) is 3.51. The molecule has 1 fully saturated rings. The van der Waals surface area contributed by atoms with Gasteiger partial charge in [-0.2, -0.15) is 5.48 Å². The van der Waals surface area contributed by atoms with Crippen LogP contribution in [0.15, 0.2) is 18.5 Å². The molecule has 2 heterocycles. The number of hydrogen-bond donors (Lipinski definition) is 2. The summed E-state index contributed by atoms with van der Waals surface area (Å²) in [7, 11) is 1.92. The number of nitrogens with two attached hydrogens (primary N) is 1. The van der Waals surface area contributed by atoms with Crippen LogP contribution in [-0.2, 0) is 35.5 Å². The SMILES string of the molecule is Cn1cnc2c1CC(CNOSC1CC1)N(C(=O)CC(N)Cc1cc(F)c(F)cc1F)C2. The zero-order chi connectivity index (χ0) is 22.8. The smallest absolute Gasteiger partial charge is 0.224 e. The summed E-state index contributed by atoms with van der Waals surface area (Å²) in [4.78, 5) is 19.2. The number of nitrogens with zero attached hydrogens (tertiary/aromatic N) is 3. The van der Waals surface area contributed by atoms with Gasteiger partial charge in [-0.1, -0.05) is 0 Å². The Balaban J connectivity index is 1.40. The summed E-state index contributed by atoms with van der Waals surface area (Å²) in [6.45, 7) is 0.770. The van der Waals surface area contributed by atoms with E-state index < -0.39 is 23.5 Å². The van der Waals surface area contributed by atoms with Gasteiger partial charge in [-0.15, -0.1) is 0 Å². The van der Waals surface area contributed by atoms with Crippen LogP contribution in [0.2, 0.25) is 0 Å². The first-order valence-corrected chi connectivity index (χ1v) is 11.3. The Labute approximate surface area is 188 Å². The molecule has 1 aromatic heterocycles. The van der Waals surface area contributed by atoms with Crippen LogP contribution in [0.1, 0.15) is 36.2 Å². The molecule has 2 aliphatic rings. The van der Waals surface area contributed by atoms with Crippen molar-refractivity contribution in [2.24, 2.45) is 12.8 Å². The largest absolute Gasteiger partial charge is 0.337 e. The van der Waals surface area contributed by atoms with Gasteiger partial charge < -0.3 is 15.2 Å². The molecule has 0 radical (unpaired) electrons. The van der Waals surface area contributed by atoms with E-state index in [9.17, 15) is 18.0 Å². The van der Waals surface area contributed by atoms with E-state index >= 15 is 0 Å². The van der Waals surface area contributed by atoms with Crippen molar-refractivity contribution in [3.8, 4) is 0 Å². The van der Waals surface area contributed by atoms with Gasteiger partial charge >= 0.3 is 0 Å². The van der Waals surface area contributed by atoms with Crippen LogP contribution < -0.4 is 11.2 Å². The van der Waals surface area contributed by atoms with Crippen molar-refractivity contribution >= 4 is 17.9 Å². The topological polar surface area (TPSA) is 85.4 Å². The minimum absolute atomic E-state index is 0.0569. The van der Waals surface area contributed by atoms with Crippen molar-refractivity contribution in [1.29, 1.82) is 0 Å². The van der Waals surface area contributed by atoms with Gasteiger partial charge in [-0.25, -0.2) is 22.4 Å². The molecule has 1 aromatic carbocycles. The molecular weight excluding hydrogens is 443 g/mol. The molecule has 3 N–H and O–H groups in total. The number of imidazole rings is 1. The number of hydroxylamine groups is 1. The van der Waals surface area contributed by atoms with Crippen LogP contribution in [0.25, 0.3) is 0 Å². The molecule has 1 aliphatic carbocycles. The molecular formula is C21H26F3N5O2S. The highest BCUT2D eigenvalue weighted by Crippen LogP contribution is 2.34. The van der Waals surface area contributed by atoms with Crippen molar-refractivity contribution in [3.63, 3.8) is 0 Å². The predicted octanol–water partition coefficient (Wildman–Crippen LogP) is 2.38. The first kappa shape index (κ1) is 23.1. The van der Waals surface area contributed by atoms with Gasteiger partial charge in [0, 0.05) is 61.5 Å². The zero-order valence-electron chi connectivity index (χ0n) is 17.7. The molecule has 32 heavy (non-hydrogen) atoms. The number of fused-ring (bicyclic) bond motifs is 1. The number of nitrogens with one attached hydrogen (secondary N) is 1. The molecule has 1 amide bonds. The van der Waals surface area contributed by atoms with Crippen molar-refractivity contribution in [3.05, 3.63) is 52.9 Å². The Kier molecular flexibility index (Phi) is 7.08. The predicted molar refractivity (Wildman–Crippen MR) is 114 cm³/mol. The molecule has 4 rings (SSSR count). The lowest BCUT2D eigenvalue weighted by molar-refractivity contribution is -0.135. The quantitative estimate of drug-likeness (QED) is 0.254. The summed E-state index contributed by atoms with van der Waals surface area (Å²) in [6.07, 6.45) is 4.48. The third-order valence-electron chi connectivity index (χ3n) is 5.75. The maximum atomic E-state index is 14.0. The third-order valence-corrected chi connectivity index (χ3v) is 6.71. The van der Waals surface area contributed by atoms with Crippen LogP contribution in [0.4, 0.5) is 13.2 Å². The van der Waals surface area contributed by atoms with E-state index in [2.05, 4.69) is 10.5 Å². The van der Waals surface area contributed by atoms with Crippen LogP contribution in [0.3, 0.4) is 0 Å². The normalized spacial score (nSPS) is 19.2. The van der Waals surface area contributed by atoms with Crippen molar-refractivity contribution in [1.82, 2.24) is 19.9 Å². The lowest BCUT2D eigenvalue weighted by Gasteiger charge is -2.36. The van der Waals surface area contributed by atoms with Gasteiger partial charge in [0.1, 0.15) is 5.82 Å². The summed E-state index contributed by atoms with van der Waals surface area (Å²) < 4.78 is 48.0. The minimum Gasteiger partial charge on any atom is -0.337 e. The number of hydrogen-bond acceptors (Lipinski definition) is 6. The maximum Gasteiger partial charge on any atom is 0.224 e. The van der Waals surface area contributed by atoms with E-state index in [1.807, 2.05) is 11.6 Å². The molecule has 2 unspecified atom stereocenters. The zero-order valence-corrected chi connectivity index (χ0v) is 18.5. The lowest BCUT2D eigenvalue weighted by atomic mass is 9.99. The minimum atomic E-state index is -1.26. The molecule has 2 atom stereocenters. The van der Waals surface area contributed by atoms with Crippen LogP contribution in [0, 0.1) is 17.5 Å². The van der Waals surface area contributed by atoms with E-state index in [0.717, 1.165) is 30.3 Å². The fourth-order valence-corrected chi connectivity index (χ4v) is 4.41. The molecule has 0 spiro atoms. The monoisotopic (exact) mass is 469 g/mol. The molecule has 7 nitrogen and oxygen atoms in total. The number of rotatable bonds is 9. The van der Waals surface area contributed by atoms with Gasteiger partial charge in [0.15, 0.2) is 11.6 Å². The van der Waals surface area contributed by atoms with Crippen molar-refractivity contribution < 1.29 is 22.2 Å². The van der Waals surface area contributed by atoms with Gasteiger partial charge in [-0.3, -0.25) is 4.79 Å². The molecule has 0 saturated heterocycles. The van der Waals surface area contributed by atoms with E-state index in [-0.39, 0.29) is 30.4 Å². The summed E-state index contributed by atoms with van der Waals surface area (Å²) in [5, 5.41) is 0.532. The second-order valence-electron chi connectivity index (χ2n) is 8.38. The summed E-state index contributed by atoms with van der Waals surface area (Å²) in [6, 6.07) is 0.366. The Morgan fingerprint density at radius 1 is 1.31 bits per heavy atom. The van der Waals surface area contributed by atoms with E-state index in [1.54, 1.807) is 11.2 Å². The van der Waals surface area contributed by atoms with Crippen LogP contribution in [-0.4, -0.2) is 44.2 Å². The van der Waals surface area contributed by atoms with Crippen LogP contribution in [0.5, 0.6) is 0 Å². The number of halogens is 3. The third kappa shape index (κ3) is 5.45. The lowest BCUT2D eigenvalue weighted by Crippen LogP contribution is -2.50.